The van der Waals surface area contributed by atoms with E-state index in [1.807, 2.05) is 0 Å². The molecule has 1 N–H and O–H groups in total. The Morgan fingerprint density at radius 1 is 1.53 bits per heavy atom. The lowest BCUT2D eigenvalue weighted by Gasteiger charge is -2.23. The molecule has 0 heterocycles. The minimum Gasteiger partial charge on any atom is -0.465 e. The summed E-state index contributed by atoms with van der Waals surface area (Å²) in [6.07, 6.45) is -1.23. The number of benzene rings is 1. The number of rotatable bonds is 4. The first-order valence-electron chi connectivity index (χ1n) is 4.73. The number of alkyl halides is 1. The fraction of sp³-hybridized carbons (Fsp3) is 0.300. The van der Waals surface area contributed by atoms with Gasteiger partial charge >= 0.3 is 6.09 Å². The van der Waals surface area contributed by atoms with Gasteiger partial charge in [0.05, 0.1) is 0 Å². The van der Waals surface area contributed by atoms with Crippen LogP contribution in [0.5, 0.6) is 0 Å². The van der Waals surface area contributed by atoms with Crippen LogP contribution in [0.15, 0.2) is 30.3 Å². The quantitative estimate of drug-likeness (QED) is 0.401. The highest BCUT2D eigenvalue weighted by Crippen LogP contribution is 2.23. The van der Waals surface area contributed by atoms with Crippen LogP contribution in [0.25, 0.3) is 0 Å². The molecule has 7 heteroatoms. The SMILES string of the molecule is CC(Br)(CN(C(=O)O)c1ccccc1)[N+](=O)[O-]. The van der Waals surface area contributed by atoms with E-state index in [4.69, 9.17) is 5.11 Å². The zero-order valence-electron chi connectivity index (χ0n) is 9.04. The molecule has 92 valence electrons. The van der Waals surface area contributed by atoms with E-state index in [9.17, 15) is 14.9 Å². The number of carboxylic acid groups (broad SMARTS) is 1. The summed E-state index contributed by atoms with van der Waals surface area (Å²) in [6.45, 7) is 1.03. The molecular formula is C10H11BrN2O4. The van der Waals surface area contributed by atoms with E-state index in [0.717, 1.165) is 4.90 Å². The maximum absolute atomic E-state index is 11.1. The number of hydrogen-bond acceptors (Lipinski definition) is 3. The maximum atomic E-state index is 11.1. The van der Waals surface area contributed by atoms with Crippen molar-refractivity contribution in [3.63, 3.8) is 0 Å². The first kappa shape index (κ1) is 13.4. The molecule has 1 rings (SSSR count). The van der Waals surface area contributed by atoms with Crippen molar-refractivity contribution in [2.75, 3.05) is 11.4 Å². The molecule has 1 aromatic rings. The van der Waals surface area contributed by atoms with E-state index in [1.54, 1.807) is 30.3 Å². The van der Waals surface area contributed by atoms with Crippen molar-refractivity contribution >= 4 is 27.7 Å². The molecule has 1 atom stereocenters. The Morgan fingerprint density at radius 3 is 2.47 bits per heavy atom. The molecule has 6 nitrogen and oxygen atoms in total. The van der Waals surface area contributed by atoms with Crippen LogP contribution in [-0.4, -0.2) is 27.1 Å². The largest absolute Gasteiger partial charge is 0.465 e. The van der Waals surface area contributed by atoms with E-state index < -0.39 is 15.5 Å². The number of nitrogens with zero attached hydrogens (tertiary/aromatic N) is 2. The zero-order valence-corrected chi connectivity index (χ0v) is 10.6. The molecule has 0 fully saturated rings. The van der Waals surface area contributed by atoms with Gasteiger partial charge in [0.25, 0.3) is 4.45 Å². The van der Waals surface area contributed by atoms with Gasteiger partial charge in [-0.25, -0.2) is 4.79 Å². The van der Waals surface area contributed by atoms with Crippen molar-refractivity contribution in [3.05, 3.63) is 40.4 Å². The lowest BCUT2D eigenvalue weighted by Crippen LogP contribution is -2.44. The molecule has 0 saturated heterocycles. The second-order valence-corrected chi connectivity index (χ2v) is 5.31. The van der Waals surface area contributed by atoms with Gasteiger partial charge in [0.2, 0.25) is 0 Å². The second kappa shape index (κ2) is 5.13. The number of nitro groups is 1. The number of halogens is 1. The van der Waals surface area contributed by atoms with E-state index in [1.165, 1.54) is 6.92 Å². The fourth-order valence-electron chi connectivity index (χ4n) is 1.22. The standard InChI is InChI=1S/C10H11BrN2O4/c1-10(11,13(16)17)7-12(9(14)15)8-5-3-2-4-6-8/h2-6H,7H2,1H3,(H,14,15). The van der Waals surface area contributed by atoms with Crippen LogP contribution in [0.2, 0.25) is 0 Å². The first-order chi connectivity index (χ1) is 7.84. The van der Waals surface area contributed by atoms with Gasteiger partial charge in [-0.2, -0.15) is 0 Å². The third-order valence-electron chi connectivity index (χ3n) is 2.13. The molecule has 0 radical (unpaired) electrons. The lowest BCUT2D eigenvalue weighted by molar-refractivity contribution is -0.527. The summed E-state index contributed by atoms with van der Waals surface area (Å²) in [7, 11) is 0. The van der Waals surface area contributed by atoms with Crippen molar-refractivity contribution in [1.29, 1.82) is 0 Å². The molecule has 1 aromatic carbocycles. The summed E-state index contributed by atoms with van der Waals surface area (Å²) in [4.78, 5) is 22.2. The predicted molar refractivity (Wildman–Crippen MR) is 66.1 cm³/mol. The van der Waals surface area contributed by atoms with Gasteiger partial charge in [-0.15, -0.1) is 0 Å². The van der Waals surface area contributed by atoms with Crippen LogP contribution in [0.1, 0.15) is 6.92 Å². The minimum absolute atomic E-state index is 0.278. The topological polar surface area (TPSA) is 83.7 Å². The first-order valence-corrected chi connectivity index (χ1v) is 5.53. The van der Waals surface area contributed by atoms with Gasteiger partial charge in [0.1, 0.15) is 6.54 Å². The minimum atomic E-state index is -1.51. The Balaban J connectivity index is 2.97. The number of carbonyl (C=O) groups is 1. The Morgan fingerprint density at radius 2 is 2.06 bits per heavy atom. The third-order valence-corrected chi connectivity index (χ3v) is 2.67. The van der Waals surface area contributed by atoms with Crippen molar-refractivity contribution in [3.8, 4) is 0 Å². The summed E-state index contributed by atoms with van der Waals surface area (Å²) in [6, 6.07) is 8.24. The zero-order chi connectivity index (χ0) is 13.1. The Labute approximate surface area is 106 Å². The summed E-state index contributed by atoms with van der Waals surface area (Å²) in [5, 5.41) is 19.8. The molecule has 0 saturated carbocycles. The number of anilines is 1. The second-order valence-electron chi connectivity index (χ2n) is 3.60. The lowest BCUT2D eigenvalue weighted by atomic mass is 10.2. The fourth-order valence-corrected chi connectivity index (χ4v) is 1.47. The monoisotopic (exact) mass is 302 g/mol. The normalized spacial score (nSPS) is 13.8. The van der Waals surface area contributed by atoms with Crippen molar-refractivity contribution in [1.82, 2.24) is 0 Å². The van der Waals surface area contributed by atoms with Gasteiger partial charge in [-0.05, 0) is 12.1 Å². The Hall–Kier alpha value is -1.63. The number of amides is 1. The van der Waals surface area contributed by atoms with E-state index >= 15 is 0 Å². The van der Waals surface area contributed by atoms with Gasteiger partial charge in [0.15, 0.2) is 0 Å². The van der Waals surface area contributed by atoms with E-state index in [-0.39, 0.29) is 6.54 Å². The van der Waals surface area contributed by atoms with Gasteiger partial charge in [0, 0.05) is 33.5 Å². The highest BCUT2D eigenvalue weighted by atomic mass is 79.9. The van der Waals surface area contributed by atoms with Gasteiger partial charge in [-0.1, -0.05) is 18.2 Å². The molecule has 0 aromatic heterocycles. The smallest absolute Gasteiger partial charge is 0.412 e. The van der Waals surface area contributed by atoms with Crippen molar-refractivity contribution < 1.29 is 14.8 Å². The summed E-state index contributed by atoms with van der Waals surface area (Å²) in [5.74, 6) is 0. The highest BCUT2D eigenvalue weighted by molar-refractivity contribution is 9.10. The van der Waals surface area contributed by atoms with Crippen LogP contribution in [0.3, 0.4) is 0 Å². The maximum Gasteiger partial charge on any atom is 0.412 e. The number of hydrogen-bond donors (Lipinski definition) is 1. The van der Waals surface area contributed by atoms with Gasteiger partial charge < -0.3 is 5.11 Å². The average Bonchev–Trinajstić information content (AvgIpc) is 2.26. The van der Waals surface area contributed by atoms with Crippen LogP contribution >= 0.6 is 15.9 Å². The summed E-state index contributed by atoms with van der Waals surface area (Å²) >= 11 is 2.91. The van der Waals surface area contributed by atoms with E-state index in [2.05, 4.69) is 15.9 Å². The van der Waals surface area contributed by atoms with E-state index in [0.29, 0.717) is 5.69 Å². The molecule has 0 aliphatic carbocycles. The van der Waals surface area contributed by atoms with Crippen LogP contribution in [0.4, 0.5) is 10.5 Å². The third kappa shape index (κ3) is 3.42. The highest BCUT2D eigenvalue weighted by Gasteiger charge is 2.38. The molecule has 1 unspecified atom stereocenters. The molecule has 0 spiro atoms. The van der Waals surface area contributed by atoms with Crippen LogP contribution in [0, 0.1) is 10.1 Å². The molecule has 0 aliphatic heterocycles. The Bertz CT molecular complexity index is 422. The molecule has 1 amide bonds. The van der Waals surface area contributed by atoms with Crippen LogP contribution < -0.4 is 4.90 Å². The summed E-state index contributed by atoms with van der Waals surface area (Å²) < 4.78 is -1.51. The summed E-state index contributed by atoms with van der Waals surface area (Å²) in [5.41, 5.74) is 0.396. The van der Waals surface area contributed by atoms with Crippen molar-refractivity contribution in [2.24, 2.45) is 0 Å². The molecule has 0 bridgehead atoms. The average molecular weight is 303 g/mol. The predicted octanol–water partition coefficient (Wildman–Crippen LogP) is 2.56. The van der Waals surface area contributed by atoms with Crippen molar-refractivity contribution in [2.45, 2.75) is 11.4 Å². The van der Waals surface area contributed by atoms with Crippen LogP contribution in [-0.2, 0) is 0 Å². The molecule has 17 heavy (non-hydrogen) atoms. The molecular weight excluding hydrogens is 292 g/mol. The number of para-hydroxylation sites is 1. The van der Waals surface area contributed by atoms with Gasteiger partial charge in [-0.3, -0.25) is 15.0 Å². The molecule has 0 aliphatic rings. The Kier molecular flexibility index (Phi) is 4.06.